The predicted molar refractivity (Wildman–Crippen MR) is 52.5 cm³/mol. The molecule has 12 heavy (non-hydrogen) atoms. The second-order valence-corrected chi connectivity index (χ2v) is 3.20. The number of fused-ring (bicyclic) bond motifs is 1. The highest BCUT2D eigenvalue weighted by Gasteiger charge is 2.16. The van der Waals surface area contributed by atoms with Crippen molar-refractivity contribution in [2.45, 2.75) is 26.4 Å². The van der Waals surface area contributed by atoms with Crippen molar-refractivity contribution in [2.75, 3.05) is 10.6 Å². The highest BCUT2D eigenvalue weighted by atomic mass is 15.2. The molecule has 0 spiro atoms. The van der Waals surface area contributed by atoms with Gasteiger partial charge in [0.15, 0.2) is 0 Å². The van der Waals surface area contributed by atoms with Crippen molar-refractivity contribution < 1.29 is 0 Å². The molecule has 2 N–H and O–H groups in total. The summed E-state index contributed by atoms with van der Waals surface area (Å²) >= 11 is 0. The molecule has 1 aliphatic rings. The number of benzene rings is 1. The molecular weight excluding hydrogens is 148 g/mol. The Kier molecular flexibility index (Phi) is 1.68. The fourth-order valence-corrected chi connectivity index (χ4v) is 1.67. The van der Waals surface area contributed by atoms with Crippen molar-refractivity contribution >= 4 is 11.4 Å². The third-order valence-electron chi connectivity index (χ3n) is 2.26. The molecule has 0 fully saturated rings. The second-order valence-electron chi connectivity index (χ2n) is 3.20. The minimum atomic E-state index is 0.368. The lowest BCUT2D eigenvalue weighted by Crippen LogP contribution is -2.16. The number of para-hydroxylation sites is 1. The molecule has 1 unspecified atom stereocenters. The Morgan fingerprint density at radius 3 is 2.92 bits per heavy atom. The van der Waals surface area contributed by atoms with E-state index in [0.29, 0.717) is 6.17 Å². The average molecular weight is 162 g/mol. The molecule has 0 saturated carbocycles. The summed E-state index contributed by atoms with van der Waals surface area (Å²) in [5.74, 6) is 0. The van der Waals surface area contributed by atoms with Gasteiger partial charge >= 0.3 is 0 Å². The first-order valence-electron chi connectivity index (χ1n) is 4.46. The lowest BCUT2D eigenvalue weighted by Gasteiger charge is -2.05. The van der Waals surface area contributed by atoms with E-state index < -0.39 is 0 Å². The Labute approximate surface area is 73.0 Å². The molecule has 0 bridgehead atoms. The molecule has 1 aromatic rings. The molecular formula is C10H14N2. The molecule has 1 heterocycles. The molecule has 1 atom stereocenters. The normalized spacial score (nSPS) is 19.7. The maximum Gasteiger partial charge on any atom is 0.0935 e. The van der Waals surface area contributed by atoms with Gasteiger partial charge in [-0.25, -0.2) is 0 Å². The Morgan fingerprint density at radius 2 is 2.17 bits per heavy atom. The van der Waals surface area contributed by atoms with Crippen LogP contribution in [-0.2, 0) is 6.42 Å². The van der Waals surface area contributed by atoms with Gasteiger partial charge in [0.2, 0.25) is 0 Å². The van der Waals surface area contributed by atoms with E-state index in [1.807, 2.05) is 0 Å². The fraction of sp³-hybridized carbons (Fsp3) is 0.400. The van der Waals surface area contributed by atoms with Crippen LogP contribution in [-0.4, -0.2) is 6.17 Å². The molecule has 0 saturated heterocycles. The maximum atomic E-state index is 3.41. The minimum Gasteiger partial charge on any atom is -0.364 e. The van der Waals surface area contributed by atoms with Gasteiger partial charge in [-0.1, -0.05) is 19.1 Å². The van der Waals surface area contributed by atoms with Crippen molar-refractivity contribution in [3.63, 3.8) is 0 Å². The second kappa shape index (κ2) is 2.70. The van der Waals surface area contributed by atoms with Crippen molar-refractivity contribution in [3.05, 3.63) is 23.8 Å². The van der Waals surface area contributed by atoms with E-state index in [0.717, 1.165) is 6.42 Å². The van der Waals surface area contributed by atoms with Crippen molar-refractivity contribution in [1.29, 1.82) is 0 Å². The zero-order chi connectivity index (χ0) is 8.55. The van der Waals surface area contributed by atoms with E-state index in [1.165, 1.54) is 16.9 Å². The summed E-state index contributed by atoms with van der Waals surface area (Å²) in [6.07, 6.45) is 1.46. The third-order valence-corrected chi connectivity index (χ3v) is 2.26. The van der Waals surface area contributed by atoms with Crippen molar-refractivity contribution in [2.24, 2.45) is 0 Å². The van der Waals surface area contributed by atoms with Gasteiger partial charge in [-0.05, 0) is 25.0 Å². The van der Waals surface area contributed by atoms with Gasteiger partial charge in [0.05, 0.1) is 17.5 Å². The van der Waals surface area contributed by atoms with E-state index in [4.69, 9.17) is 0 Å². The van der Waals surface area contributed by atoms with Gasteiger partial charge in [-0.15, -0.1) is 0 Å². The lowest BCUT2D eigenvalue weighted by atomic mass is 10.1. The van der Waals surface area contributed by atoms with Crippen molar-refractivity contribution in [3.8, 4) is 0 Å². The molecule has 0 radical (unpaired) electrons. The Hall–Kier alpha value is -1.18. The predicted octanol–water partition coefficient (Wildman–Crippen LogP) is 2.43. The SMILES string of the molecule is CCc1cccc2c1NC(C)N2. The topological polar surface area (TPSA) is 24.1 Å². The number of anilines is 2. The molecule has 2 rings (SSSR count). The molecule has 0 amide bonds. The molecule has 0 aromatic heterocycles. The molecule has 2 heteroatoms. The van der Waals surface area contributed by atoms with Gasteiger partial charge in [0.25, 0.3) is 0 Å². The van der Waals surface area contributed by atoms with Gasteiger partial charge < -0.3 is 10.6 Å². The van der Waals surface area contributed by atoms with Gasteiger partial charge in [0, 0.05) is 0 Å². The monoisotopic (exact) mass is 162 g/mol. The summed E-state index contributed by atoms with van der Waals surface area (Å²) in [4.78, 5) is 0. The minimum absolute atomic E-state index is 0.368. The zero-order valence-electron chi connectivity index (χ0n) is 7.52. The van der Waals surface area contributed by atoms with Crippen LogP contribution >= 0.6 is 0 Å². The standard InChI is InChI=1S/C10H14N2/c1-3-8-5-4-6-9-10(8)12-7(2)11-9/h4-7,11-12H,3H2,1-2H3. The van der Waals surface area contributed by atoms with Crippen LogP contribution in [0.5, 0.6) is 0 Å². The summed E-state index contributed by atoms with van der Waals surface area (Å²) in [6.45, 7) is 4.31. The average Bonchev–Trinajstić information content (AvgIpc) is 2.44. The first-order valence-corrected chi connectivity index (χ1v) is 4.46. The number of rotatable bonds is 1. The van der Waals surface area contributed by atoms with Gasteiger partial charge in [-0.3, -0.25) is 0 Å². The lowest BCUT2D eigenvalue weighted by molar-refractivity contribution is 0.952. The van der Waals surface area contributed by atoms with Crippen LogP contribution in [0, 0.1) is 0 Å². The molecule has 1 aromatic carbocycles. The van der Waals surface area contributed by atoms with E-state index in [9.17, 15) is 0 Å². The maximum absolute atomic E-state index is 3.41. The highest BCUT2D eigenvalue weighted by molar-refractivity contribution is 5.77. The molecule has 1 aliphatic heterocycles. The first-order chi connectivity index (χ1) is 5.81. The quantitative estimate of drug-likeness (QED) is 0.662. The summed E-state index contributed by atoms with van der Waals surface area (Å²) in [5, 5.41) is 6.77. The van der Waals surface area contributed by atoms with Crippen LogP contribution in [0.1, 0.15) is 19.4 Å². The van der Waals surface area contributed by atoms with Gasteiger partial charge in [-0.2, -0.15) is 0 Å². The number of aryl methyl sites for hydroxylation is 1. The largest absolute Gasteiger partial charge is 0.364 e. The Balaban J connectivity index is 2.44. The van der Waals surface area contributed by atoms with E-state index in [1.54, 1.807) is 0 Å². The summed E-state index contributed by atoms with van der Waals surface area (Å²) < 4.78 is 0. The van der Waals surface area contributed by atoms with Crippen LogP contribution < -0.4 is 10.6 Å². The zero-order valence-corrected chi connectivity index (χ0v) is 7.52. The number of hydrogen-bond donors (Lipinski definition) is 2. The van der Waals surface area contributed by atoms with Crippen LogP contribution in [0.3, 0.4) is 0 Å². The van der Waals surface area contributed by atoms with Gasteiger partial charge in [0.1, 0.15) is 0 Å². The Bertz CT molecular complexity index is 294. The highest BCUT2D eigenvalue weighted by Crippen LogP contribution is 2.32. The summed E-state index contributed by atoms with van der Waals surface area (Å²) in [6, 6.07) is 6.39. The van der Waals surface area contributed by atoms with Crippen LogP contribution in [0.25, 0.3) is 0 Å². The van der Waals surface area contributed by atoms with Crippen molar-refractivity contribution in [1.82, 2.24) is 0 Å². The van der Waals surface area contributed by atoms with E-state index >= 15 is 0 Å². The van der Waals surface area contributed by atoms with Crippen LogP contribution in [0.4, 0.5) is 11.4 Å². The molecule has 64 valence electrons. The number of hydrogen-bond acceptors (Lipinski definition) is 2. The summed E-state index contributed by atoms with van der Waals surface area (Å²) in [7, 11) is 0. The third kappa shape index (κ3) is 1.04. The van der Waals surface area contributed by atoms with Crippen LogP contribution in [0.15, 0.2) is 18.2 Å². The van der Waals surface area contributed by atoms with E-state index in [2.05, 4.69) is 42.7 Å². The Morgan fingerprint density at radius 1 is 1.33 bits per heavy atom. The smallest absolute Gasteiger partial charge is 0.0935 e. The first kappa shape index (κ1) is 7.47. The van der Waals surface area contributed by atoms with E-state index in [-0.39, 0.29) is 0 Å². The molecule has 2 nitrogen and oxygen atoms in total. The molecule has 0 aliphatic carbocycles. The number of nitrogens with one attached hydrogen (secondary N) is 2. The fourth-order valence-electron chi connectivity index (χ4n) is 1.67. The van der Waals surface area contributed by atoms with Crippen LogP contribution in [0.2, 0.25) is 0 Å². The summed E-state index contributed by atoms with van der Waals surface area (Å²) in [5.41, 5.74) is 3.92.